The van der Waals surface area contributed by atoms with Crippen molar-refractivity contribution < 1.29 is 8.78 Å². The lowest BCUT2D eigenvalue weighted by Gasteiger charge is -2.00. The lowest BCUT2D eigenvalue weighted by molar-refractivity contribution is 0.0569. The number of aryl methyl sites for hydroxylation is 1. The van der Waals surface area contributed by atoms with E-state index in [2.05, 4.69) is 22.4 Å². The third kappa shape index (κ3) is 3.06. The number of nitrogens with one attached hydrogen (secondary N) is 1. The van der Waals surface area contributed by atoms with Gasteiger partial charge >= 0.3 is 6.55 Å². The maximum Gasteiger partial charge on any atom is 0.333 e. The van der Waals surface area contributed by atoms with E-state index in [1.54, 1.807) is 6.20 Å². The van der Waals surface area contributed by atoms with E-state index in [0.29, 0.717) is 17.0 Å². The van der Waals surface area contributed by atoms with Crippen molar-refractivity contribution in [3.05, 3.63) is 30.2 Å². The minimum Gasteiger partial charge on any atom is -0.364 e. The summed E-state index contributed by atoms with van der Waals surface area (Å²) in [6.45, 7) is 0.869. The summed E-state index contributed by atoms with van der Waals surface area (Å²) in [5.41, 5.74) is 0.995. The standard InChI is InChI=1S/C11H15F2N5/c1-2-4-17-8-9(7-15-17)6-14-10-3-5-18(16-10)11(12)13/h3,5,7-8,11H,2,4,6H2,1H3,(H,14,16). The van der Waals surface area contributed by atoms with Crippen LogP contribution in [0.25, 0.3) is 0 Å². The summed E-state index contributed by atoms with van der Waals surface area (Å²) in [6, 6.07) is 1.52. The summed E-state index contributed by atoms with van der Waals surface area (Å²) in [5, 5.41) is 10.9. The second-order valence-corrected chi connectivity index (χ2v) is 3.92. The summed E-state index contributed by atoms with van der Waals surface area (Å²) < 4.78 is 27.1. The van der Waals surface area contributed by atoms with Gasteiger partial charge in [0.15, 0.2) is 0 Å². The Balaban J connectivity index is 1.89. The molecule has 0 unspecified atom stereocenters. The van der Waals surface area contributed by atoms with E-state index in [1.165, 1.54) is 12.3 Å². The lowest BCUT2D eigenvalue weighted by atomic mass is 10.3. The van der Waals surface area contributed by atoms with Crippen molar-refractivity contribution in [1.82, 2.24) is 19.6 Å². The molecule has 2 heterocycles. The number of rotatable bonds is 6. The van der Waals surface area contributed by atoms with Crippen LogP contribution in [-0.4, -0.2) is 19.6 Å². The first-order valence-corrected chi connectivity index (χ1v) is 5.77. The molecule has 0 radical (unpaired) electrons. The van der Waals surface area contributed by atoms with Crippen molar-refractivity contribution in [3.63, 3.8) is 0 Å². The van der Waals surface area contributed by atoms with Gasteiger partial charge in [0.1, 0.15) is 5.82 Å². The first kappa shape index (κ1) is 12.5. The van der Waals surface area contributed by atoms with Gasteiger partial charge in [-0.25, -0.2) is 4.68 Å². The Morgan fingerprint density at radius 3 is 2.94 bits per heavy atom. The second kappa shape index (κ2) is 5.61. The third-order valence-electron chi connectivity index (χ3n) is 2.42. The molecule has 0 aliphatic carbocycles. The molecule has 0 bridgehead atoms. The van der Waals surface area contributed by atoms with E-state index in [0.717, 1.165) is 18.5 Å². The number of aromatic nitrogens is 4. The quantitative estimate of drug-likeness (QED) is 0.862. The SMILES string of the molecule is CCCn1cc(CNc2ccn(C(F)F)n2)cn1. The molecule has 0 amide bonds. The molecule has 5 nitrogen and oxygen atoms in total. The van der Waals surface area contributed by atoms with Crippen LogP contribution in [0.1, 0.15) is 25.5 Å². The molecular weight excluding hydrogens is 240 g/mol. The number of anilines is 1. The van der Waals surface area contributed by atoms with Gasteiger partial charge in [0.2, 0.25) is 0 Å². The van der Waals surface area contributed by atoms with Gasteiger partial charge in [-0.3, -0.25) is 4.68 Å². The van der Waals surface area contributed by atoms with Crippen LogP contribution in [0, 0.1) is 0 Å². The van der Waals surface area contributed by atoms with Crippen LogP contribution in [0.15, 0.2) is 24.7 Å². The van der Waals surface area contributed by atoms with E-state index in [1.807, 2.05) is 10.9 Å². The monoisotopic (exact) mass is 255 g/mol. The summed E-state index contributed by atoms with van der Waals surface area (Å²) >= 11 is 0. The molecule has 0 fully saturated rings. The number of hydrogen-bond acceptors (Lipinski definition) is 3. The van der Waals surface area contributed by atoms with Gasteiger partial charge in [0, 0.05) is 37.1 Å². The van der Waals surface area contributed by atoms with Crippen molar-refractivity contribution in [2.75, 3.05) is 5.32 Å². The molecule has 0 saturated heterocycles. The first-order valence-electron chi connectivity index (χ1n) is 5.77. The van der Waals surface area contributed by atoms with Crippen LogP contribution >= 0.6 is 0 Å². The van der Waals surface area contributed by atoms with E-state index < -0.39 is 6.55 Å². The topological polar surface area (TPSA) is 47.7 Å². The van der Waals surface area contributed by atoms with Crippen molar-refractivity contribution in [3.8, 4) is 0 Å². The lowest BCUT2D eigenvalue weighted by Crippen LogP contribution is -2.02. The van der Waals surface area contributed by atoms with E-state index >= 15 is 0 Å². The Kier molecular flexibility index (Phi) is 3.91. The molecule has 0 aromatic carbocycles. The molecule has 0 aliphatic rings. The van der Waals surface area contributed by atoms with Gasteiger partial charge in [-0.05, 0) is 6.42 Å². The largest absolute Gasteiger partial charge is 0.364 e. The molecule has 98 valence electrons. The molecule has 2 aromatic heterocycles. The normalized spacial score (nSPS) is 11.1. The summed E-state index contributed by atoms with van der Waals surface area (Å²) in [6.07, 6.45) is 5.95. The highest BCUT2D eigenvalue weighted by Gasteiger charge is 2.07. The smallest absolute Gasteiger partial charge is 0.333 e. The Morgan fingerprint density at radius 2 is 2.28 bits per heavy atom. The number of halogens is 2. The molecular formula is C11H15F2N5. The van der Waals surface area contributed by atoms with Gasteiger partial charge in [-0.2, -0.15) is 19.0 Å². The summed E-state index contributed by atoms with van der Waals surface area (Å²) in [5.74, 6) is 0.429. The fourth-order valence-electron chi connectivity index (χ4n) is 1.58. The number of hydrogen-bond donors (Lipinski definition) is 1. The maximum absolute atomic E-state index is 12.3. The van der Waals surface area contributed by atoms with Crippen molar-refractivity contribution >= 4 is 5.82 Å². The zero-order chi connectivity index (χ0) is 13.0. The van der Waals surface area contributed by atoms with Crippen LogP contribution in [0.4, 0.5) is 14.6 Å². The molecule has 0 saturated carbocycles. The van der Waals surface area contributed by atoms with Crippen molar-refractivity contribution in [2.24, 2.45) is 0 Å². The van der Waals surface area contributed by atoms with Crippen LogP contribution in [0.5, 0.6) is 0 Å². The molecule has 2 aromatic rings. The predicted octanol–water partition coefficient (Wildman–Crippen LogP) is 2.50. The minimum absolute atomic E-state index is 0.429. The maximum atomic E-state index is 12.3. The Morgan fingerprint density at radius 1 is 1.44 bits per heavy atom. The molecule has 2 rings (SSSR count). The van der Waals surface area contributed by atoms with Crippen LogP contribution in [0.3, 0.4) is 0 Å². The molecule has 18 heavy (non-hydrogen) atoms. The first-order chi connectivity index (χ1) is 8.69. The molecule has 0 atom stereocenters. The Hall–Kier alpha value is -1.92. The van der Waals surface area contributed by atoms with Crippen molar-refractivity contribution in [1.29, 1.82) is 0 Å². The van der Waals surface area contributed by atoms with Gasteiger partial charge in [0.05, 0.1) is 6.20 Å². The molecule has 0 spiro atoms. The Bertz CT molecular complexity index is 491. The second-order valence-electron chi connectivity index (χ2n) is 3.92. The Labute approximate surface area is 103 Å². The fourth-order valence-corrected chi connectivity index (χ4v) is 1.58. The zero-order valence-electron chi connectivity index (χ0n) is 10.1. The van der Waals surface area contributed by atoms with Crippen LogP contribution in [0.2, 0.25) is 0 Å². The van der Waals surface area contributed by atoms with Crippen molar-refractivity contribution in [2.45, 2.75) is 33.0 Å². The zero-order valence-corrected chi connectivity index (χ0v) is 10.1. The third-order valence-corrected chi connectivity index (χ3v) is 2.42. The fraction of sp³-hybridized carbons (Fsp3) is 0.455. The van der Waals surface area contributed by atoms with Gasteiger partial charge in [-0.15, -0.1) is 0 Å². The highest BCUT2D eigenvalue weighted by Crippen LogP contribution is 2.12. The van der Waals surface area contributed by atoms with Gasteiger partial charge in [0.25, 0.3) is 0 Å². The van der Waals surface area contributed by atoms with E-state index in [-0.39, 0.29) is 0 Å². The van der Waals surface area contributed by atoms with E-state index in [9.17, 15) is 8.78 Å². The average molecular weight is 255 g/mol. The molecule has 0 aliphatic heterocycles. The molecule has 1 N–H and O–H groups in total. The minimum atomic E-state index is -2.60. The summed E-state index contributed by atoms with van der Waals surface area (Å²) in [7, 11) is 0. The predicted molar refractivity (Wildman–Crippen MR) is 63.3 cm³/mol. The highest BCUT2D eigenvalue weighted by atomic mass is 19.3. The van der Waals surface area contributed by atoms with Crippen LogP contribution in [-0.2, 0) is 13.1 Å². The van der Waals surface area contributed by atoms with Crippen LogP contribution < -0.4 is 5.32 Å². The highest BCUT2D eigenvalue weighted by molar-refractivity contribution is 5.33. The average Bonchev–Trinajstić information content (AvgIpc) is 2.95. The van der Waals surface area contributed by atoms with Gasteiger partial charge < -0.3 is 5.32 Å². The number of alkyl halides is 2. The number of nitrogens with zero attached hydrogens (tertiary/aromatic N) is 4. The molecule has 7 heteroatoms. The summed E-state index contributed by atoms with van der Waals surface area (Å²) in [4.78, 5) is 0. The van der Waals surface area contributed by atoms with Gasteiger partial charge in [-0.1, -0.05) is 6.92 Å². The van der Waals surface area contributed by atoms with E-state index in [4.69, 9.17) is 0 Å².